The van der Waals surface area contributed by atoms with E-state index in [0.717, 1.165) is 50.4 Å². The van der Waals surface area contributed by atoms with Crippen LogP contribution in [0, 0.1) is 13.8 Å². The van der Waals surface area contributed by atoms with Gasteiger partial charge in [0.2, 0.25) is 0 Å². The second kappa shape index (κ2) is 7.39. The van der Waals surface area contributed by atoms with Gasteiger partial charge in [0, 0.05) is 34.6 Å². The molecule has 0 aliphatic carbocycles. The van der Waals surface area contributed by atoms with Gasteiger partial charge < -0.3 is 14.5 Å². The highest BCUT2D eigenvalue weighted by Gasteiger charge is 2.17. The molecule has 5 aromatic rings. The Morgan fingerprint density at radius 1 is 0.968 bits per heavy atom. The number of hydrogen-bond acceptors (Lipinski definition) is 6. The van der Waals surface area contributed by atoms with E-state index in [1.54, 1.807) is 18.9 Å². The first-order valence-corrected chi connectivity index (χ1v) is 9.96. The number of benzene rings is 2. The lowest BCUT2D eigenvalue weighted by Gasteiger charge is -2.09. The minimum Gasteiger partial charge on any atom is -0.497 e. The lowest BCUT2D eigenvalue weighted by molar-refractivity contribution is 0.393. The summed E-state index contributed by atoms with van der Waals surface area (Å²) in [4.78, 5) is 8.00. The van der Waals surface area contributed by atoms with Gasteiger partial charge in [-0.15, -0.1) is 10.2 Å². The van der Waals surface area contributed by atoms with Crippen LogP contribution >= 0.6 is 0 Å². The Kier molecular flexibility index (Phi) is 4.54. The molecule has 0 amide bonds. The predicted octanol–water partition coefficient (Wildman–Crippen LogP) is 3.92. The molecule has 0 aliphatic heterocycles. The van der Waals surface area contributed by atoms with Gasteiger partial charge in [-0.2, -0.15) is 10.1 Å². The van der Waals surface area contributed by atoms with E-state index in [4.69, 9.17) is 19.6 Å². The van der Waals surface area contributed by atoms with Crippen LogP contribution in [0.3, 0.4) is 0 Å². The van der Waals surface area contributed by atoms with Crippen LogP contribution in [0.5, 0.6) is 11.5 Å². The summed E-state index contributed by atoms with van der Waals surface area (Å²) < 4.78 is 12.6. The molecule has 3 heterocycles. The zero-order valence-corrected chi connectivity index (χ0v) is 17.8. The number of H-pyrrole nitrogens is 1. The van der Waals surface area contributed by atoms with Gasteiger partial charge in [-0.1, -0.05) is 18.2 Å². The van der Waals surface area contributed by atoms with Gasteiger partial charge in [0.1, 0.15) is 17.0 Å². The van der Waals surface area contributed by atoms with Gasteiger partial charge >= 0.3 is 0 Å². The van der Waals surface area contributed by atoms with Crippen LogP contribution in [-0.2, 0) is 6.42 Å². The number of rotatable bonds is 5. The minimum absolute atomic E-state index is 0.439. The Bertz CT molecular complexity index is 1400. The Morgan fingerprint density at radius 3 is 2.45 bits per heavy atom. The third-order valence-electron chi connectivity index (χ3n) is 5.53. The molecular formula is C23H22N6O2. The summed E-state index contributed by atoms with van der Waals surface area (Å²) in [6.45, 7) is 4.01. The topological polar surface area (TPSA) is 90.7 Å². The van der Waals surface area contributed by atoms with Gasteiger partial charge in [0.25, 0.3) is 5.95 Å². The molecule has 0 aliphatic rings. The van der Waals surface area contributed by atoms with E-state index in [9.17, 15) is 0 Å². The third kappa shape index (κ3) is 3.26. The quantitative estimate of drug-likeness (QED) is 0.469. The number of hydrogen-bond donors (Lipinski definition) is 1. The van der Waals surface area contributed by atoms with Crippen molar-refractivity contribution in [2.75, 3.05) is 14.2 Å². The molecule has 0 atom stereocenters. The fourth-order valence-corrected chi connectivity index (χ4v) is 3.90. The number of methoxy groups -OCH3 is 2. The van der Waals surface area contributed by atoms with Crippen molar-refractivity contribution in [1.82, 2.24) is 29.9 Å². The zero-order chi connectivity index (χ0) is 21.5. The standard InChI is InChI=1S/C23H22N6O2/c1-13-19(11-15-9-16(30-3)12-17(10-15)31-4)14(2)29(28-13)23-25-22-21(26-27-23)18-7-5-6-8-20(18)24-22/h5-10,12H,11H2,1-4H3,(H,24,25,27). The van der Waals surface area contributed by atoms with Gasteiger partial charge in [-0.25, -0.2) is 4.68 Å². The summed E-state index contributed by atoms with van der Waals surface area (Å²) in [6.07, 6.45) is 0.688. The molecule has 2 aromatic carbocycles. The van der Waals surface area contributed by atoms with Crippen LogP contribution in [0.1, 0.15) is 22.5 Å². The molecule has 3 aromatic heterocycles. The van der Waals surface area contributed by atoms with E-state index >= 15 is 0 Å². The zero-order valence-electron chi connectivity index (χ0n) is 17.8. The molecule has 0 radical (unpaired) electrons. The lowest BCUT2D eigenvalue weighted by Crippen LogP contribution is -2.07. The average Bonchev–Trinajstić information content (AvgIpc) is 3.30. The second-order valence-electron chi connectivity index (χ2n) is 7.44. The number of ether oxygens (including phenoxy) is 2. The van der Waals surface area contributed by atoms with Crippen molar-refractivity contribution in [2.45, 2.75) is 20.3 Å². The van der Waals surface area contributed by atoms with Crippen LogP contribution in [0.2, 0.25) is 0 Å². The van der Waals surface area contributed by atoms with E-state index in [1.807, 2.05) is 56.3 Å². The molecule has 0 saturated heterocycles. The van der Waals surface area contributed by atoms with E-state index in [2.05, 4.69) is 15.2 Å². The van der Waals surface area contributed by atoms with Crippen molar-refractivity contribution in [3.63, 3.8) is 0 Å². The van der Waals surface area contributed by atoms with Gasteiger partial charge in [0.05, 0.1) is 19.9 Å². The maximum atomic E-state index is 5.40. The van der Waals surface area contributed by atoms with Gasteiger partial charge in [-0.3, -0.25) is 0 Å². The maximum absolute atomic E-state index is 5.40. The van der Waals surface area contributed by atoms with Crippen LogP contribution < -0.4 is 9.47 Å². The molecule has 0 saturated carbocycles. The number of nitrogens with one attached hydrogen (secondary N) is 1. The van der Waals surface area contributed by atoms with Gasteiger partial charge in [0.15, 0.2) is 5.65 Å². The molecule has 156 valence electrons. The molecule has 31 heavy (non-hydrogen) atoms. The monoisotopic (exact) mass is 414 g/mol. The highest BCUT2D eigenvalue weighted by Crippen LogP contribution is 2.27. The first-order valence-electron chi connectivity index (χ1n) is 9.96. The first-order chi connectivity index (χ1) is 15.1. The fourth-order valence-electron chi connectivity index (χ4n) is 3.90. The van der Waals surface area contributed by atoms with Crippen molar-refractivity contribution in [1.29, 1.82) is 0 Å². The number of nitrogens with zero attached hydrogens (tertiary/aromatic N) is 5. The summed E-state index contributed by atoms with van der Waals surface area (Å²) in [5.74, 6) is 1.96. The molecule has 5 rings (SSSR count). The Hall–Kier alpha value is -3.94. The molecule has 0 unspecified atom stereocenters. The SMILES string of the molecule is COc1cc(Cc2c(C)nn(-c3nnc4c(n3)[nH]c3ccccc34)c2C)cc(OC)c1. The number of aromatic nitrogens is 6. The van der Waals surface area contributed by atoms with Crippen LogP contribution in [0.25, 0.3) is 28.0 Å². The van der Waals surface area contributed by atoms with E-state index in [1.165, 1.54) is 0 Å². The summed E-state index contributed by atoms with van der Waals surface area (Å²) in [5.41, 5.74) is 6.50. The van der Waals surface area contributed by atoms with Crippen molar-refractivity contribution in [2.24, 2.45) is 0 Å². The molecule has 0 fully saturated rings. The smallest absolute Gasteiger partial charge is 0.272 e. The minimum atomic E-state index is 0.439. The van der Waals surface area contributed by atoms with Crippen LogP contribution in [0.15, 0.2) is 42.5 Å². The fraction of sp³-hybridized carbons (Fsp3) is 0.217. The van der Waals surface area contributed by atoms with E-state index in [-0.39, 0.29) is 0 Å². The number of para-hydroxylation sites is 1. The van der Waals surface area contributed by atoms with E-state index in [0.29, 0.717) is 18.0 Å². The maximum Gasteiger partial charge on any atom is 0.272 e. The number of fused-ring (bicyclic) bond motifs is 3. The van der Waals surface area contributed by atoms with Crippen molar-refractivity contribution >= 4 is 22.1 Å². The highest BCUT2D eigenvalue weighted by molar-refractivity contribution is 6.03. The molecular weight excluding hydrogens is 392 g/mol. The van der Waals surface area contributed by atoms with Gasteiger partial charge in [-0.05, 0) is 37.6 Å². The van der Waals surface area contributed by atoms with Crippen molar-refractivity contribution in [3.05, 3.63) is 65.0 Å². The molecule has 1 N–H and O–H groups in total. The number of aryl methyl sites for hydroxylation is 1. The lowest BCUT2D eigenvalue weighted by atomic mass is 10.0. The molecule has 0 spiro atoms. The summed E-state index contributed by atoms with van der Waals surface area (Å²) >= 11 is 0. The Labute approximate surface area is 178 Å². The molecule has 8 nitrogen and oxygen atoms in total. The summed E-state index contributed by atoms with van der Waals surface area (Å²) in [7, 11) is 3.30. The normalized spacial score (nSPS) is 11.4. The first kappa shape index (κ1) is 19.0. The third-order valence-corrected chi connectivity index (χ3v) is 5.53. The summed E-state index contributed by atoms with van der Waals surface area (Å²) in [5, 5.41) is 14.5. The van der Waals surface area contributed by atoms with Crippen LogP contribution in [0.4, 0.5) is 0 Å². The molecule has 8 heteroatoms. The Balaban J connectivity index is 1.55. The number of aromatic amines is 1. The highest BCUT2D eigenvalue weighted by atomic mass is 16.5. The second-order valence-corrected chi connectivity index (χ2v) is 7.44. The Morgan fingerprint density at radius 2 is 1.71 bits per heavy atom. The largest absolute Gasteiger partial charge is 0.497 e. The summed E-state index contributed by atoms with van der Waals surface area (Å²) in [6, 6.07) is 13.8. The van der Waals surface area contributed by atoms with Crippen LogP contribution in [-0.4, -0.2) is 44.2 Å². The predicted molar refractivity (Wildman–Crippen MR) is 118 cm³/mol. The van der Waals surface area contributed by atoms with Crippen molar-refractivity contribution in [3.8, 4) is 17.4 Å². The van der Waals surface area contributed by atoms with Crippen molar-refractivity contribution < 1.29 is 9.47 Å². The average molecular weight is 414 g/mol. The molecule has 0 bridgehead atoms. The van der Waals surface area contributed by atoms with E-state index < -0.39 is 0 Å².